The molecule has 0 aliphatic rings. The van der Waals surface area contributed by atoms with Crippen LogP contribution in [0.4, 0.5) is 0 Å². The van der Waals surface area contributed by atoms with Gasteiger partial charge >= 0.3 is 0 Å². The minimum absolute atomic E-state index is 0.0728. The van der Waals surface area contributed by atoms with Gasteiger partial charge in [0.25, 0.3) is 0 Å². The highest BCUT2D eigenvalue weighted by Crippen LogP contribution is 2.17. The molecule has 0 aliphatic carbocycles. The number of rotatable bonds is 8. The van der Waals surface area contributed by atoms with Crippen molar-refractivity contribution in [1.82, 2.24) is 0 Å². The second-order valence-corrected chi connectivity index (χ2v) is 5.03. The maximum Gasteiger partial charge on any atom is 0.155 e. The van der Waals surface area contributed by atoms with E-state index in [0.717, 1.165) is 19.4 Å². The summed E-state index contributed by atoms with van der Waals surface area (Å²) in [5.74, 6) is 0.0728. The summed E-state index contributed by atoms with van der Waals surface area (Å²) in [6, 6.07) is 0. The third-order valence-corrected chi connectivity index (χ3v) is 1.88. The lowest BCUT2D eigenvalue weighted by molar-refractivity contribution is -0.121. The fourth-order valence-electron chi connectivity index (χ4n) is 0.959. The Morgan fingerprint density at radius 2 is 1.67 bits per heavy atom. The van der Waals surface area contributed by atoms with Gasteiger partial charge in [-0.05, 0) is 25.2 Å². The number of Topliss-reactive ketones (excluding diaryl/α,β-unsaturated/α-hetero) is 1. The van der Waals surface area contributed by atoms with E-state index in [9.17, 15) is 4.79 Å². The molecule has 90 valence electrons. The predicted molar refractivity (Wildman–Crippen MR) is 61.0 cm³/mol. The molecular formula is C12H24O3. The van der Waals surface area contributed by atoms with Crippen molar-refractivity contribution in [1.29, 1.82) is 0 Å². The smallest absolute Gasteiger partial charge is 0.155 e. The van der Waals surface area contributed by atoms with Gasteiger partial charge in [-0.1, -0.05) is 20.8 Å². The Morgan fingerprint density at radius 3 is 2.20 bits per heavy atom. The molecule has 0 N–H and O–H groups in total. The van der Waals surface area contributed by atoms with Crippen molar-refractivity contribution < 1.29 is 14.3 Å². The Kier molecular flexibility index (Phi) is 7.61. The van der Waals surface area contributed by atoms with Crippen molar-refractivity contribution in [2.24, 2.45) is 5.41 Å². The Balaban J connectivity index is 3.09. The highest BCUT2D eigenvalue weighted by molar-refractivity contribution is 5.76. The van der Waals surface area contributed by atoms with Crippen LogP contribution in [0.15, 0.2) is 0 Å². The molecule has 0 fully saturated rings. The molecule has 3 nitrogen and oxygen atoms in total. The monoisotopic (exact) mass is 216 g/mol. The van der Waals surface area contributed by atoms with E-state index in [1.165, 1.54) is 6.92 Å². The lowest BCUT2D eigenvalue weighted by Crippen LogP contribution is -2.11. The van der Waals surface area contributed by atoms with Gasteiger partial charge in [-0.25, -0.2) is 0 Å². The molecule has 0 aromatic heterocycles. The standard InChI is InChI=1S/C12H24O3/c1-11(13)10-15-8-5-7-14-9-6-12(2,3)4/h5-10H2,1-4H3. The number of hydrogen-bond donors (Lipinski definition) is 0. The molecule has 0 radical (unpaired) electrons. The quantitative estimate of drug-likeness (QED) is 0.585. The van der Waals surface area contributed by atoms with Crippen LogP contribution >= 0.6 is 0 Å². The summed E-state index contributed by atoms with van der Waals surface area (Å²) < 4.78 is 10.6. The van der Waals surface area contributed by atoms with Crippen molar-refractivity contribution >= 4 is 5.78 Å². The number of hydrogen-bond acceptors (Lipinski definition) is 3. The first-order valence-electron chi connectivity index (χ1n) is 5.57. The van der Waals surface area contributed by atoms with Crippen molar-refractivity contribution in [2.75, 3.05) is 26.4 Å². The van der Waals surface area contributed by atoms with Gasteiger partial charge in [-0.2, -0.15) is 0 Å². The minimum atomic E-state index is 0.0728. The zero-order valence-corrected chi connectivity index (χ0v) is 10.5. The van der Waals surface area contributed by atoms with Crippen LogP contribution in [-0.4, -0.2) is 32.2 Å². The maximum atomic E-state index is 10.5. The third kappa shape index (κ3) is 13.6. The SMILES string of the molecule is CC(=O)COCCCOCCC(C)(C)C. The molecule has 0 aliphatic heterocycles. The molecule has 0 aromatic rings. The van der Waals surface area contributed by atoms with E-state index in [4.69, 9.17) is 9.47 Å². The molecule has 15 heavy (non-hydrogen) atoms. The number of ether oxygens (including phenoxy) is 2. The summed E-state index contributed by atoms with van der Waals surface area (Å²) in [6.07, 6.45) is 1.93. The van der Waals surface area contributed by atoms with E-state index in [1.807, 2.05) is 0 Å². The van der Waals surface area contributed by atoms with Crippen molar-refractivity contribution in [2.45, 2.75) is 40.5 Å². The molecule has 3 heteroatoms. The van der Waals surface area contributed by atoms with Crippen molar-refractivity contribution in [3.63, 3.8) is 0 Å². The average molecular weight is 216 g/mol. The van der Waals surface area contributed by atoms with E-state index in [1.54, 1.807) is 0 Å². The van der Waals surface area contributed by atoms with Gasteiger partial charge in [0.15, 0.2) is 5.78 Å². The van der Waals surface area contributed by atoms with E-state index >= 15 is 0 Å². The van der Waals surface area contributed by atoms with Gasteiger partial charge in [-0.3, -0.25) is 4.79 Å². The van der Waals surface area contributed by atoms with Crippen LogP contribution in [0.1, 0.15) is 40.5 Å². The number of carbonyl (C=O) groups excluding carboxylic acids is 1. The van der Waals surface area contributed by atoms with Crippen molar-refractivity contribution in [3.05, 3.63) is 0 Å². The summed E-state index contributed by atoms with van der Waals surface area (Å²) in [6.45, 7) is 10.5. The summed E-state index contributed by atoms with van der Waals surface area (Å²) in [5, 5.41) is 0. The molecule has 0 amide bonds. The molecule has 0 saturated heterocycles. The van der Waals surface area contributed by atoms with Gasteiger partial charge < -0.3 is 9.47 Å². The van der Waals surface area contributed by atoms with Gasteiger partial charge in [0.1, 0.15) is 6.61 Å². The van der Waals surface area contributed by atoms with Gasteiger partial charge in [0, 0.05) is 19.8 Å². The highest BCUT2D eigenvalue weighted by Gasteiger charge is 2.08. The van der Waals surface area contributed by atoms with Gasteiger partial charge in [0.05, 0.1) is 0 Å². The van der Waals surface area contributed by atoms with E-state index in [-0.39, 0.29) is 12.4 Å². The number of carbonyl (C=O) groups is 1. The van der Waals surface area contributed by atoms with Crippen LogP contribution in [0, 0.1) is 5.41 Å². The lowest BCUT2D eigenvalue weighted by Gasteiger charge is -2.17. The molecular weight excluding hydrogens is 192 g/mol. The van der Waals surface area contributed by atoms with Gasteiger partial charge in [0.2, 0.25) is 0 Å². The summed E-state index contributed by atoms with van der Waals surface area (Å²) in [7, 11) is 0. The first kappa shape index (κ1) is 14.6. The van der Waals surface area contributed by atoms with E-state index in [2.05, 4.69) is 20.8 Å². The van der Waals surface area contributed by atoms with E-state index < -0.39 is 0 Å². The fraction of sp³-hybridized carbons (Fsp3) is 0.917. The molecule has 0 rings (SSSR count). The normalized spacial score (nSPS) is 11.7. The predicted octanol–water partition coefficient (Wildman–Crippen LogP) is 2.43. The first-order valence-corrected chi connectivity index (χ1v) is 5.57. The lowest BCUT2D eigenvalue weighted by atomic mass is 9.93. The maximum absolute atomic E-state index is 10.5. The molecule has 0 unspecified atom stereocenters. The highest BCUT2D eigenvalue weighted by atomic mass is 16.5. The van der Waals surface area contributed by atoms with Gasteiger partial charge in [-0.15, -0.1) is 0 Å². The Bertz CT molecular complexity index is 170. The van der Waals surface area contributed by atoms with Crippen LogP contribution < -0.4 is 0 Å². The van der Waals surface area contributed by atoms with Crippen molar-refractivity contribution in [3.8, 4) is 0 Å². The summed E-state index contributed by atoms with van der Waals surface area (Å²) in [5.41, 5.74) is 0.338. The largest absolute Gasteiger partial charge is 0.381 e. The fourth-order valence-corrected chi connectivity index (χ4v) is 0.959. The van der Waals surface area contributed by atoms with Crippen LogP contribution in [0.2, 0.25) is 0 Å². The first-order chi connectivity index (χ1) is 6.92. The Labute approximate surface area is 93.1 Å². The Hall–Kier alpha value is -0.410. The second kappa shape index (κ2) is 7.83. The molecule has 0 atom stereocenters. The van der Waals surface area contributed by atoms with Crippen LogP contribution in [0.5, 0.6) is 0 Å². The zero-order chi connectivity index (χ0) is 11.7. The zero-order valence-electron chi connectivity index (χ0n) is 10.5. The molecule has 0 bridgehead atoms. The number of ketones is 1. The van der Waals surface area contributed by atoms with Crippen LogP contribution in [-0.2, 0) is 14.3 Å². The van der Waals surface area contributed by atoms with E-state index in [0.29, 0.717) is 18.6 Å². The second-order valence-electron chi connectivity index (χ2n) is 5.03. The summed E-state index contributed by atoms with van der Waals surface area (Å²) in [4.78, 5) is 10.5. The molecule has 0 saturated carbocycles. The topological polar surface area (TPSA) is 35.5 Å². The molecule has 0 aromatic carbocycles. The summed E-state index contributed by atoms with van der Waals surface area (Å²) >= 11 is 0. The molecule has 0 spiro atoms. The van der Waals surface area contributed by atoms with Crippen LogP contribution in [0.25, 0.3) is 0 Å². The minimum Gasteiger partial charge on any atom is -0.381 e. The molecule has 0 heterocycles. The average Bonchev–Trinajstić information content (AvgIpc) is 2.07. The third-order valence-electron chi connectivity index (χ3n) is 1.88. The Morgan fingerprint density at radius 1 is 1.07 bits per heavy atom. The van der Waals surface area contributed by atoms with Crippen LogP contribution in [0.3, 0.4) is 0 Å².